The van der Waals surface area contributed by atoms with Crippen molar-refractivity contribution in [2.75, 3.05) is 4.90 Å². The van der Waals surface area contributed by atoms with Gasteiger partial charge >= 0.3 is 5.91 Å². The van der Waals surface area contributed by atoms with Crippen molar-refractivity contribution in [3.8, 4) is 0 Å². The van der Waals surface area contributed by atoms with Crippen LogP contribution in [0.5, 0.6) is 0 Å². The van der Waals surface area contributed by atoms with Crippen molar-refractivity contribution in [2.45, 2.75) is 6.04 Å². The highest BCUT2D eigenvalue weighted by Gasteiger charge is 2.47. The molecular weight excluding hydrogens is 464 g/mol. The Bertz CT molecular complexity index is 1080. The summed E-state index contributed by atoms with van der Waals surface area (Å²) in [5, 5.41) is 13.5. The number of rotatable bonds is 3. The van der Waals surface area contributed by atoms with Crippen LogP contribution >= 0.6 is 38.9 Å². The predicted molar refractivity (Wildman–Crippen MR) is 112 cm³/mol. The third-order valence-corrected chi connectivity index (χ3v) is 5.92. The molecule has 4 rings (SSSR count). The lowest BCUT2D eigenvalue weighted by Gasteiger charge is -2.23. The second-order valence-electron chi connectivity index (χ2n) is 6.04. The van der Waals surface area contributed by atoms with E-state index in [9.17, 15) is 14.7 Å². The minimum Gasteiger partial charge on any atom is -0.507 e. The minimum atomic E-state index is -0.782. The molecule has 2 aromatic carbocycles. The predicted octanol–water partition coefficient (Wildman–Crippen LogP) is 5.19. The van der Waals surface area contributed by atoms with Gasteiger partial charge in [0, 0.05) is 26.6 Å². The zero-order chi connectivity index (χ0) is 19.8. The summed E-state index contributed by atoms with van der Waals surface area (Å²) in [7, 11) is 0. The first-order chi connectivity index (χ1) is 13.5. The van der Waals surface area contributed by atoms with Crippen molar-refractivity contribution >= 4 is 61.4 Å². The number of hydrogen-bond donors (Lipinski definition) is 1. The Balaban J connectivity index is 1.93. The minimum absolute atomic E-state index is 0.0184. The molecule has 0 aliphatic carbocycles. The number of nitrogens with zero attached hydrogens (tertiary/aromatic N) is 2. The van der Waals surface area contributed by atoms with Crippen LogP contribution in [0.1, 0.15) is 17.2 Å². The molecule has 3 aromatic rings. The van der Waals surface area contributed by atoms with Crippen molar-refractivity contribution in [3.63, 3.8) is 0 Å². The largest absolute Gasteiger partial charge is 0.507 e. The summed E-state index contributed by atoms with van der Waals surface area (Å²) in [5.74, 6) is -1.73. The highest BCUT2D eigenvalue weighted by atomic mass is 79.9. The van der Waals surface area contributed by atoms with E-state index in [1.165, 1.54) is 16.2 Å². The van der Waals surface area contributed by atoms with E-state index in [-0.39, 0.29) is 11.3 Å². The maximum Gasteiger partial charge on any atom is 0.301 e. The first-order valence-electron chi connectivity index (χ1n) is 8.19. The summed E-state index contributed by atoms with van der Waals surface area (Å²) in [6.45, 7) is 0. The number of carbonyl (C=O) groups excluding carboxylic acids is 2. The van der Waals surface area contributed by atoms with Crippen LogP contribution in [0.25, 0.3) is 5.76 Å². The topological polar surface area (TPSA) is 70.5 Å². The van der Waals surface area contributed by atoms with Crippen LogP contribution in [-0.2, 0) is 9.59 Å². The highest BCUT2D eigenvalue weighted by molar-refractivity contribution is 9.10. The van der Waals surface area contributed by atoms with E-state index in [2.05, 4.69) is 20.9 Å². The van der Waals surface area contributed by atoms with Crippen LogP contribution in [0.4, 0.5) is 5.13 Å². The van der Waals surface area contributed by atoms with Gasteiger partial charge in [-0.2, -0.15) is 0 Å². The lowest BCUT2D eigenvalue weighted by molar-refractivity contribution is -0.132. The molecule has 1 amide bonds. The van der Waals surface area contributed by atoms with Crippen LogP contribution in [0.2, 0.25) is 5.02 Å². The molecule has 140 valence electrons. The number of aliphatic hydroxyl groups excluding tert-OH is 1. The Morgan fingerprint density at radius 3 is 2.39 bits per heavy atom. The maximum absolute atomic E-state index is 12.9. The number of benzene rings is 2. The van der Waals surface area contributed by atoms with Crippen LogP contribution in [0, 0.1) is 0 Å². The first-order valence-corrected chi connectivity index (χ1v) is 10.2. The number of ketones is 1. The number of amides is 1. The van der Waals surface area contributed by atoms with Gasteiger partial charge < -0.3 is 5.11 Å². The number of Topliss-reactive ketones (excluding diaryl/α,β-unsaturated/α-hetero) is 1. The van der Waals surface area contributed by atoms with Gasteiger partial charge in [0.25, 0.3) is 5.78 Å². The quantitative estimate of drug-likeness (QED) is 0.322. The maximum atomic E-state index is 12.9. The Hall–Kier alpha value is -2.48. The van der Waals surface area contributed by atoms with Crippen molar-refractivity contribution in [1.82, 2.24) is 4.98 Å². The number of hydrogen-bond acceptors (Lipinski definition) is 5. The van der Waals surface area contributed by atoms with Crippen LogP contribution in [0.15, 0.2) is 70.2 Å². The molecule has 1 N–H and O–H groups in total. The average Bonchev–Trinajstić information content (AvgIpc) is 3.30. The molecule has 28 heavy (non-hydrogen) atoms. The van der Waals surface area contributed by atoms with Gasteiger partial charge in [-0.1, -0.05) is 39.7 Å². The van der Waals surface area contributed by atoms with Gasteiger partial charge in [0.15, 0.2) is 5.13 Å². The Kier molecular flexibility index (Phi) is 5.05. The summed E-state index contributed by atoms with van der Waals surface area (Å²) < 4.78 is 0.861. The van der Waals surface area contributed by atoms with E-state index in [0.29, 0.717) is 21.3 Å². The molecule has 2 heterocycles. The third kappa shape index (κ3) is 3.26. The van der Waals surface area contributed by atoms with Gasteiger partial charge in [0.2, 0.25) is 0 Å². The molecule has 1 atom stereocenters. The zero-order valence-corrected chi connectivity index (χ0v) is 17.3. The number of thiazole rings is 1. The van der Waals surface area contributed by atoms with Gasteiger partial charge in [0.1, 0.15) is 5.76 Å². The molecule has 0 radical (unpaired) electrons. The summed E-state index contributed by atoms with van der Waals surface area (Å²) in [6, 6.07) is 12.9. The van der Waals surface area contributed by atoms with Crippen molar-refractivity contribution in [2.24, 2.45) is 0 Å². The monoisotopic (exact) mass is 474 g/mol. The molecule has 1 aromatic heterocycles. The lowest BCUT2D eigenvalue weighted by atomic mass is 9.95. The van der Waals surface area contributed by atoms with Gasteiger partial charge in [-0.05, 0) is 42.0 Å². The fourth-order valence-electron chi connectivity index (χ4n) is 3.09. The van der Waals surface area contributed by atoms with E-state index in [4.69, 9.17) is 11.6 Å². The molecule has 1 aliphatic rings. The molecule has 8 heteroatoms. The fourth-order valence-corrected chi connectivity index (χ4v) is 4.15. The molecule has 1 saturated heterocycles. The van der Waals surface area contributed by atoms with E-state index >= 15 is 0 Å². The van der Waals surface area contributed by atoms with E-state index in [1.807, 2.05) is 12.1 Å². The van der Waals surface area contributed by atoms with Crippen LogP contribution in [0.3, 0.4) is 0 Å². The molecule has 0 bridgehead atoms. The fraction of sp³-hybridized carbons (Fsp3) is 0.0500. The third-order valence-electron chi connectivity index (χ3n) is 4.37. The van der Waals surface area contributed by atoms with Gasteiger partial charge in [-0.25, -0.2) is 4.98 Å². The number of aromatic nitrogens is 1. The van der Waals surface area contributed by atoms with E-state index < -0.39 is 17.7 Å². The SMILES string of the molecule is O=C1C(=O)N(c2nccs2)C(c2ccc(Br)cc2)/C1=C(\O)c1ccc(Cl)cc1. The van der Waals surface area contributed by atoms with Gasteiger partial charge in [0.05, 0.1) is 11.6 Å². The highest BCUT2D eigenvalue weighted by Crippen LogP contribution is 2.42. The number of carbonyl (C=O) groups is 2. The van der Waals surface area contributed by atoms with E-state index in [0.717, 1.165) is 4.47 Å². The Morgan fingerprint density at radius 2 is 1.79 bits per heavy atom. The van der Waals surface area contributed by atoms with Crippen molar-refractivity contribution < 1.29 is 14.7 Å². The van der Waals surface area contributed by atoms with Crippen LogP contribution < -0.4 is 4.90 Å². The number of aliphatic hydroxyl groups is 1. The Morgan fingerprint density at radius 1 is 1.11 bits per heavy atom. The normalized spacial score (nSPS) is 18.6. The molecule has 1 aliphatic heterocycles. The summed E-state index contributed by atoms with van der Waals surface area (Å²) in [5.41, 5.74) is 1.11. The Labute approximate surface area is 178 Å². The molecule has 0 saturated carbocycles. The second kappa shape index (κ2) is 7.50. The van der Waals surface area contributed by atoms with Crippen molar-refractivity contribution in [1.29, 1.82) is 0 Å². The summed E-state index contributed by atoms with van der Waals surface area (Å²) >= 11 is 10.6. The number of anilines is 1. The molecule has 1 fully saturated rings. The summed E-state index contributed by atoms with van der Waals surface area (Å²) in [6.07, 6.45) is 1.57. The first kappa shape index (κ1) is 18.9. The van der Waals surface area contributed by atoms with Crippen molar-refractivity contribution in [3.05, 3.63) is 86.3 Å². The second-order valence-corrected chi connectivity index (χ2v) is 8.27. The molecular formula is C20H12BrClN2O3S. The average molecular weight is 476 g/mol. The lowest BCUT2D eigenvalue weighted by Crippen LogP contribution is -2.29. The number of halogens is 2. The van der Waals surface area contributed by atoms with Crippen LogP contribution in [-0.4, -0.2) is 21.8 Å². The zero-order valence-electron chi connectivity index (χ0n) is 14.2. The van der Waals surface area contributed by atoms with Gasteiger partial charge in [-0.15, -0.1) is 11.3 Å². The smallest absolute Gasteiger partial charge is 0.301 e. The van der Waals surface area contributed by atoms with Gasteiger partial charge in [-0.3, -0.25) is 14.5 Å². The standard InChI is InChI=1S/C20H12BrClN2O3S/c21-13-5-1-11(2-6-13)16-15(17(25)12-3-7-14(22)8-4-12)18(26)19(27)24(16)20-23-9-10-28-20/h1-10,16,25H/b17-15+. The summed E-state index contributed by atoms with van der Waals surface area (Å²) in [4.78, 5) is 31.2. The van der Waals surface area contributed by atoms with E-state index in [1.54, 1.807) is 48.0 Å². The molecule has 1 unspecified atom stereocenters. The molecule has 5 nitrogen and oxygen atoms in total. The molecule has 0 spiro atoms.